The molecule has 0 bridgehead atoms. The first-order valence-corrected chi connectivity index (χ1v) is 9.69. The van der Waals surface area contributed by atoms with Crippen molar-refractivity contribution in [2.75, 3.05) is 16.8 Å². The van der Waals surface area contributed by atoms with Crippen LogP contribution in [0.3, 0.4) is 0 Å². The Balaban J connectivity index is 1.34. The van der Waals surface area contributed by atoms with Crippen molar-refractivity contribution >= 4 is 35.1 Å². The highest BCUT2D eigenvalue weighted by Crippen LogP contribution is 2.32. The van der Waals surface area contributed by atoms with Crippen molar-refractivity contribution in [3.05, 3.63) is 71.1 Å². The fourth-order valence-electron chi connectivity index (χ4n) is 3.28. The number of hydrogen-bond donors (Lipinski definition) is 1. The number of benzene rings is 2. The molecule has 1 saturated heterocycles. The molecule has 148 valence electrons. The van der Waals surface area contributed by atoms with Gasteiger partial charge in [-0.2, -0.15) is 0 Å². The van der Waals surface area contributed by atoms with Gasteiger partial charge in [0.05, 0.1) is 5.92 Å². The normalized spacial score (nSPS) is 16.2. The van der Waals surface area contributed by atoms with Crippen molar-refractivity contribution in [1.82, 2.24) is 10.2 Å². The molecule has 1 fully saturated rings. The van der Waals surface area contributed by atoms with E-state index in [1.807, 2.05) is 30.3 Å². The minimum absolute atomic E-state index is 0.0241. The van der Waals surface area contributed by atoms with Crippen LogP contribution in [-0.2, 0) is 16.0 Å². The first kappa shape index (κ1) is 19.1. The van der Waals surface area contributed by atoms with E-state index in [0.717, 1.165) is 11.3 Å². The summed E-state index contributed by atoms with van der Waals surface area (Å²) in [5.41, 5.74) is 1.86. The minimum atomic E-state index is -0.222. The number of halogens is 1. The zero-order valence-corrected chi connectivity index (χ0v) is 16.3. The number of aromatic nitrogens is 2. The zero-order valence-electron chi connectivity index (χ0n) is 15.5. The number of carbonyl (C=O) groups excluding carboxylic acids is 2. The molecule has 1 aromatic heterocycles. The lowest BCUT2D eigenvalue weighted by atomic mass is 10.1. The van der Waals surface area contributed by atoms with Crippen molar-refractivity contribution in [3.8, 4) is 0 Å². The van der Waals surface area contributed by atoms with Gasteiger partial charge < -0.3 is 9.32 Å². The van der Waals surface area contributed by atoms with Gasteiger partial charge in [0.15, 0.2) is 0 Å². The first-order chi connectivity index (χ1) is 14.1. The highest BCUT2D eigenvalue weighted by Gasteiger charge is 2.35. The predicted octanol–water partition coefficient (Wildman–Crippen LogP) is 3.81. The Hall–Kier alpha value is -3.19. The average molecular weight is 411 g/mol. The fourth-order valence-corrected chi connectivity index (χ4v) is 3.40. The number of nitrogens with one attached hydrogen (secondary N) is 1. The first-order valence-electron chi connectivity index (χ1n) is 9.31. The third-order valence-corrected chi connectivity index (χ3v) is 5.04. The summed E-state index contributed by atoms with van der Waals surface area (Å²) in [4.78, 5) is 26.2. The molecule has 1 N–H and O–H groups in total. The van der Waals surface area contributed by atoms with Crippen molar-refractivity contribution in [2.24, 2.45) is 0 Å². The number of rotatable bonds is 6. The summed E-state index contributed by atoms with van der Waals surface area (Å²) in [6, 6.07) is 16.9. The van der Waals surface area contributed by atoms with Gasteiger partial charge in [-0.05, 0) is 36.2 Å². The quantitative estimate of drug-likeness (QED) is 0.667. The molecular weight excluding hydrogens is 392 g/mol. The molecule has 0 saturated carbocycles. The second-order valence-electron chi connectivity index (χ2n) is 6.86. The highest BCUT2D eigenvalue weighted by atomic mass is 35.5. The van der Waals surface area contributed by atoms with E-state index in [0.29, 0.717) is 30.3 Å². The largest absolute Gasteiger partial charge is 0.407 e. The molecule has 2 aromatic carbocycles. The van der Waals surface area contributed by atoms with Crippen molar-refractivity contribution in [2.45, 2.75) is 25.2 Å². The molecule has 2 amide bonds. The number of carbonyl (C=O) groups is 2. The Kier molecular flexibility index (Phi) is 5.57. The molecular formula is C21H19ClN4O3. The van der Waals surface area contributed by atoms with E-state index in [1.165, 1.54) is 0 Å². The summed E-state index contributed by atoms with van der Waals surface area (Å²) in [7, 11) is 0. The molecule has 4 rings (SSSR count). The Morgan fingerprint density at radius 3 is 2.66 bits per heavy atom. The van der Waals surface area contributed by atoms with Crippen LogP contribution < -0.4 is 10.2 Å². The van der Waals surface area contributed by atoms with E-state index in [1.54, 1.807) is 29.2 Å². The van der Waals surface area contributed by atoms with Gasteiger partial charge in [0, 0.05) is 30.1 Å². The van der Waals surface area contributed by atoms with E-state index in [9.17, 15) is 9.59 Å². The molecule has 1 aliphatic rings. The van der Waals surface area contributed by atoms with E-state index in [-0.39, 0.29) is 30.2 Å². The molecule has 1 atom stereocenters. The summed E-state index contributed by atoms with van der Waals surface area (Å²) < 4.78 is 5.59. The molecule has 1 aliphatic heterocycles. The van der Waals surface area contributed by atoms with Crippen LogP contribution in [0.25, 0.3) is 0 Å². The molecule has 0 radical (unpaired) electrons. The lowest BCUT2D eigenvalue weighted by Gasteiger charge is -2.15. The van der Waals surface area contributed by atoms with Gasteiger partial charge in [0.1, 0.15) is 0 Å². The summed E-state index contributed by atoms with van der Waals surface area (Å²) in [5, 5.41) is 11.1. The zero-order chi connectivity index (χ0) is 20.2. The van der Waals surface area contributed by atoms with Crippen LogP contribution in [0.15, 0.2) is 59.0 Å². The van der Waals surface area contributed by atoms with E-state index >= 15 is 0 Å². The monoisotopic (exact) mass is 410 g/mol. The smallest absolute Gasteiger partial charge is 0.322 e. The summed E-state index contributed by atoms with van der Waals surface area (Å²) in [5.74, 6) is -0.105. The number of amides is 2. The van der Waals surface area contributed by atoms with Gasteiger partial charge in [-0.25, -0.2) is 0 Å². The molecule has 2 heterocycles. The minimum Gasteiger partial charge on any atom is -0.407 e. The molecule has 8 heteroatoms. The van der Waals surface area contributed by atoms with Crippen LogP contribution >= 0.6 is 11.6 Å². The number of nitrogens with zero attached hydrogens (tertiary/aromatic N) is 3. The van der Waals surface area contributed by atoms with E-state index in [4.69, 9.17) is 16.0 Å². The Bertz CT molecular complexity index is 1000. The van der Waals surface area contributed by atoms with Gasteiger partial charge in [0.2, 0.25) is 17.7 Å². The third kappa shape index (κ3) is 4.63. The Labute approximate surface area is 172 Å². The van der Waals surface area contributed by atoms with Crippen LogP contribution in [0.5, 0.6) is 0 Å². The average Bonchev–Trinajstić information content (AvgIpc) is 3.34. The van der Waals surface area contributed by atoms with Crippen molar-refractivity contribution in [1.29, 1.82) is 0 Å². The summed E-state index contributed by atoms with van der Waals surface area (Å²) in [6.07, 6.45) is 1.21. The molecule has 29 heavy (non-hydrogen) atoms. The maximum atomic E-state index is 12.4. The highest BCUT2D eigenvalue weighted by molar-refractivity contribution is 6.30. The van der Waals surface area contributed by atoms with E-state index < -0.39 is 0 Å². The third-order valence-electron chi connectivity index (χ3n) is 4.78. The maximum Gasteiger partial charge on any atom is 0.322 e. The predicted molar refractivity (Wildman–Crippen MR) is 109 cm³/mol. The van der Waals surface area contributed by atoms with Gasteiger partial charge in [-0.1, -0.05) is 47.0 Å². The van der Waals surface area contributed by atoms with Crippen LogP contribution in [0.2, 0.25) is 5.02 Å². The lowest BCUT2D eigenvalue weighted by Crippen LogP contribution is -2.24. The maximum absolute atomic E-state index is 12.4. The molecule has 0 aliphatic carbocycles. The van der Waals surface area contributed by atoms with Crippen molar-refractivity contribution in [3.63, 3.8) is 0 Å². The van der Waals surface area contributed by atoms with Crippen molar-refractivity contribution < 1.29 is 14.0 Å². The van der Waals surface area contributed by atoms with Crippen LogP contribution in [0.4, 0.5) is 11.7 Å². The van der Waals surface area contributed by atoms with Crippen LogP contribution in [0, 0.1) is 0 Å². The summed E-state index contributed by atoms with van der Waals surface area (Å²) in [6.45, 7) is 0.435. The Morgan fingerprint density at radius 1 is 1.14 bits per heavy atom. The fraction of sp³-hybridized carbons (Fsp3) is 0.238. The Morgan fingerprint density at radius 2 is 1.90 bits per heavy atom. The summed E-state index contributed by atoms with van der Waals surface area (Å²) >= 11 is 5.91. The SMILES string of the molecule is O=C(CCc1ccccc1)Nc1nnc(C2CC(=O)N(c3ccc(Cl)cc3)C2)o1. The van der Waals surface area contributed by atoms with Gasteiger partial charge >= 0.3 is 6.01 Å². The van der Waals surface area contributed by atoms with E-state index in [2.05, 4.69) is 15.5 Å². The van der Waals surface area contributed by atoms with Crippen LogP contribution in [-0.4, -0.2) is 28.6 Å². The standard InChI is InChI=1S/C21H19ClN4O3/c22-16-7-9-17(10-8-16)26-13-15(12-19(26)28)20-24-25-21(29-20)23-18(27)11-6-14-4-2-1-3-5-14/h1-5,7-10,15H,6,11-13H2,(H,23,25,27). The van der Waals surface area contributed by atoms with Gasteiger partial charge in [0.25, 0.3) is 0 Å². The molecule has 1 unspecified atom stereocenters. The van der Waals surface area contributed by atoms with Crippen LogP contribution in [0.1, 0.15) is 30.2 Å². The molecule has 3 aromatic rings. The van der Waals surface area contributed by atoms with Gasteiger partial charge in [-0.3, -0.25) is 14.9 Å². The second-order valence-corrected chi connectivity index (χ2v) is 7.30. The topological polar surface area (TPSA) is 88.3 Å². The second kappa shape index (κ2) is 8.45. The lowest BCUT2D eigenvalue weighted by molar-refractivity contribution is -0.117. The number of anilines is 2. The molecule has 7 nitrogen and oxygen atoms in total. The number of aryl methyl sites for hydroxylation is 1. The molecule has 0 spiro atoms. The van der Waals surface area contributed by atoms with Gasteiger partial charge in [-0.15, -0.1) is 5.10 Å². The number of hydrogen-bond acceptors (Lipinski definition) is 5.